The summed E-state index contributed by atoms with van der Waals surface area (Å²) in [6.07, 6.45) is 3.84. The zero-order valence-corrected chi connectivity index (χ0v) is 13.7. The molecular weight excluding hydrogens is 342 g/mol. The number of fused-ring (bicyclic) bond motifs is 1. The van der Waals surface area contributed by atoms with Gasteiger partial charge >= 0.3 is 0 Å². The van der Waals surface area contributed by atoms with Crippen LogP contribution in [0.3, 0.4) is 0 Å². The second-order valence-corrected chi connectivity index (χ2v) is 7.75. The smallest absolute Gasteiger partial charge is 0.261 e. The quantitative estimate of drug-likeness (QED) is 0.801. The molecule has 0 bridgehead atoms. The van der Waals surface area contributed by atoms with Gasteiger partial charge in [-0.15, -0.1) is 22.7 Å². The Balaban J connectivity index is 1.60. The van der Waals surface area contributed by atoms with Crippen LogP contribution in [0.2, 0.25) is 0 Å². The van der Waals surface area contributed by atoms with Crippen LogP contribution < -0.4 is 5.32 Å². The van der Waals surface area contributed by atoms with Crippen molar-refractivity contribution in [1.82, 2.24) is 5.32 Å². The van der Waals surface area contributed by atoms with Gasteiger partial charge in [-0.1, -0.05) is 22.4 Å². The minimum Gasteiger partial charge on any atom is -0.351 e. The lowest BCUT2D eigenvalue weighted by Crippen LogP contribution is -2.30. The van der Waals surface area contributed by atoms with Gasteiger partial charge in [-0.3, -0.25) is 4.79 Å². The Morgan fingerprint density at radius 2 is 2.21 bits per heavy atom. The van der Waals surface area contributed by atoms with Crippen molar-refractivity contribution in [3.05, 3.63) is 22.4 Å². The van der Waals surface area contributed by atoms with Crippen LogP contribution in [0, 0.1) is 11.8 Å². The predicted molar refractivity (Wildman–Crippen MR) is 86.7 cm³/mol. The van der Waals surface area contributed by atoms with Crippen molar-refractivity contribution < 1.29 is 4.79 Å². The molecule has 1 fully saturated rings. The third-order valence-electron chi connectivity index (χ3n) is 3.90. The monoisotopic (exact) mass is 357 g/mol. The van der Waals surface area contributed by atoms with E-state index < -0.39 is 0 Å². The van der Waals surface area contributed by atoms with Gasteiger partial charge in [0.1, 0.15) is 0 Å². The molecule has 19 heavy (non-hydrogen) atoms. The second kappa shape index (κ2) is 5.94. The molecule has 5 heteroatoms. The maximum Gasteiger partial charge on any atom is 0.261 e. The molecule has 2 aromatic rings. The molecule has 2 aromatic heterocycles. The third-order valence-corrected chi connectivity index (χ3v) is 6.83. The van der Waals surface area contributed by atoms with Gasteiger partial charge < -0.3 is 5.32 Å². The molecule has 2 nitrogen and oxygen atoms in total. The largest absolute Gasteiger partial charge is 0.351 e. The molecule has 0 aliphatic heterocycles. The molecule has 1 aliphatic rings. The van der Waals surface area contributed by atoms with Crippen molar-refractivity contribution in [2.24, 2.45) is 11.8 Å². The number of alkyl halides is 1. The van der Waals surface area contributed by atoms with Crippen molar-refractivity contribution in [2.75, 3.05) is 11.9 Å². The van der Waals surface area contributed by atoms with E-state index in [0.717, 1.165) is 22.7 Å². The Morgan fingerprint density at radius 3 is 3.00 bits per heavy atom. The van der Waals surface area contributed by atoms with Gasteiger partial charge in [-0.25, -0.2) is 0 Å². The Morgan fingerprint density at radius 1 is 1.37 bits per heavy atom. The number of nitrogens with one attached hydrogen (secondary N) is 1. The lowest BCUT2D eigenvalue weighted by molar-refractivity contribution is 0.0949. The van der Waals surface area contributed by atoms with E-state index in [0.29, 0.717) is 5.92 Å². The summed E-state index contributed by atoms with van der Waals surface area (Å²) in [5.74, 6) is 1.46. The van der Waals surface area contributed by atoms with E-state index in [1.807, 2.05) is 6.07 Å². The summed E-state index contributed by atoms with van der Waals surface area (Å²) in [6, 6.07) is 4.09. The summed E-state index contributed by atoms with van der Waals surface area (Å²) in [4.78, 5) is 13.0. The standard InChI is InChI=1S/C14H16BrNOS2/c15-7-9-2-1-3-10(9)8-16-14(17)13-6-12-11(19-13)4-5-18-12/h4-6,9-10H,1-3,7-8H2,(H,16,17). The zero-order chi connectivity index (χ0) is 13.2. The topological polar surface area (TPSA) is 29.1 Å². The summed E-state index contributed by atoms with van der Waals surface area (Å²) in [5, 5.41) is 6.24. The van der Waals surface area contributed by atoms with Crippen molar-refractivity contribution in [2.45, 2.75) is 19.3 Å². The van der Waals surface area contributed by atoms with E-state index in [1.54, 1.807) is 22.7 Å². The average molecular weight is 358 g/mol. The molecule has 1 aliphatic carbocycles. The van der Waals surface area contributed by atoms with E-state index in [1.165, 1.54) is 28.7 Å². The summed E-state index contributed by atoms with van der Waals surface area (Å²) < 4.78 is 2.43. The van der Waals surface area contributed by atoms with E-state index in [4.69, 9.17) is 0 Å². The molecule has 102 valence electrons. The molecule has 2 atom stereocenters. The highest BCUT2D eigenvalue weighted by molar-refractivity contribution is 9.09. The van der Waals surface area contributed by atoms with Crippen molar-refractivity contribution in [1.29, 1.82) is 0 Å². The summed E-state index contributed by atoms with van der Waals surface area (Å²) >= 11 is 6.86. The number of carbonyl (C=O) groups excluding carboxylic acids is 1. The van der Waals surface area contributed by atoms with Gasteiger partial charge in [0.15, 0.2) is 0 Å². The first kappa shape index (κ1) is 13.6. The Kier molecular flexibility index (Phi) is 4.24. The Labute approximate surface area is 129 Å². The maximum absolute atomic E-state index is 12.2. The Hall–Kier alpha value is -0.390. The fourth-order valence-corrected chi connectivity index (χ4v) is 5.65. The van der Waals surface area contributed by atoms with Crippen LogP contribution in [-0.4, -0.2) is 17.8 Å². The van der Waals surface area contributed by atoms with E-state index in [9.17, 15) is 4.79 Å². The lowest BCUT2D eigenvalue weighted by atomic mass is 9.98. The molecule has 2 unspecified atom stereocenters. The van der Waals surface area contributed by atoms with E-state index >= 15 is 0 Å². The number of rotatable bonds is 4. The van der Waals surface area contributed by atoms with Gasteiger partial charge in [0.25, 0.3) is 5.91 Å². The van der Waals surface area contributed by atoms with E-state index in [2.05, 4.69) is 32.7 Å². The Bertz CT molecular complexity index is 548. The summed E-state index contributed by atoms with van der Waals surface area (Å²) in [6.45, 7) is 0.820. The zero-order valence-electron chi connectivity index (χ0n) is 10.5. The molecule has 3 rings (SSSR count). The number of halogens is 1. The first-order valence-electron chi connectivity index (χ1n) is 6.59. The molecule has 1 amide bonds. The summed E-state index contributed by atoms with van der Waals surface area (Å²) in [7, 11) is 0. The highest BCUT2D eigenvalue weighted by atomic mass is 79.9. The molecule has 2 heterocycles. The second-order valence-electron chi connectivity index (χ2n) is 5.08. The first-order chi connectivity index (χ1) is 9.28. The van der Waals surface area contributed by atoms with Crippen LogP contribution in [0.5, 0.6) is 0 Å². The highest BCUT2D eigenvalue weighted by Crippen LogP contribution is 2.33. The van der Waals surface area contributed by atoms with Crippen LogP contribution in [0.25, 0.3) is 9.40 Å². The van der Waals surface area contributed by atoms with Gasteiger partial charge in [0.2, 0.25) is 0 Å². The number of hydrogen-bond donors (Lipinski definition) is 1. The van der Waals surface area contributed by atoms with Crippen LogP contribution in [-0.2, 0) is 0 Å². The van der Waals surface area contributed by atoms with Gasteiger partial charge in [-0.2, -0.15) is 0 Å². The predicted octanol–water partition coefficient (Wildman–Crippen LogP) is 4.50. The van der Waals surface area contributed by atoms with Crippen molar-refractivity contribution in [3.63, 3.8) is 0 Å². The molecule has 0 aromatic carbocycles. The van der Waals surface area contributed by atoms with Gasteiger partial charge in [0, 0.05) is 21.3 Å². The van der Waals surface area contributed by atoms with Gasteiger partial charge in [0.05, 0.1) is 4.88 Å². The van der Waals surface area contributed by atoms with Crippen LogP contribution in [0.1, 0.15) is 28.9 Å². The lowest BCUT2D eigenvalue weighted by Gasteiger charge is -2.17. The molecule has 1 N–H and O–H groups in total. The number of thiophene rings is 2. The maximum atomic E-state index is 12.2. The SMILES string of the molecule is O=C(NCC1CCCC1CBr)c1cc2sccc2s1. The first-order valence-corrected chi connectivity index (χ1v) is 9.41. The number of hydrogen-bond acceptors (Lipinski definition) is 3. The number of carbonyl (C=O) groups is 1. The molecule has 1 saturated carbocycles. The highest BCUT2D eigenvalue weighted by Gasteiger charge is 2.26. The van der Waals surface area contributed by atoms with Crippen molar-refractivity contribution in [3.8, 4) is 0 Å². The molecular formula is C14H16BrNOS2. The van der Waals surface area contributed by atoms with Crippen LogP contribution >= 0.6 is 38.6 Å². The molecule has 0 radical (unpaired) electrons. The van der Waals surface area contributed by atoms with Crippen LogP contribution in [0.15, 0.2) is 17.5 Å². The average Bonchev–Trinajstić information content (AvgIpc) is 3.09. The minimum absolute atomic E-state index is 0.0913. The van der Waals surface area contributed by atoms with Crippen molar-refractivity contribution >= 4 is 53.9 Å². The molecule has 0 spiro atoms. The van der Waals surface area contributed by atoms with Crippen LogP contribution in [0.4, 0.5) is 0 Å². The van der Waals surface area contributed by atoms with E-state index in [-0.39, 0.29) is 5.91 Å². The fourth-order valence-electron chi connectivity index (χ4n) is 2.77. The van der Waals surface area contributed by atoms with Gasteiger partial charge in [-0.05, 0) is 42.2 Å². The fraction of sp³-hybridized carbons (Fsp3) is 0.500. The number of amides is 1. The summed E-state index contributed by atoms with van der Waals surface area (Å²) in [5.41, 5.74) is 0. The third kappa shape index (κ3) is 2.88. The normalized spacial score (nSPS) is 23.0. The molecule has 0 saturated heterocycles. The minimum atomic E-state index is 0.0913.